The fourth-order valence-corrected chi connectivity index (χ4v) is 1.93. The van der Waals surface area contributed by atoms with E-state index in [2.05, 4.69) is 15.0 Å². The smallest absolute Gasteiger partial charge is 0.198 e. The predicted octanol–water partition coefficient (Wildman–Crippen LogP) is 1.43. The maximum absolute atomic E-state index is 10.7. The Hall–Kier alpha value is -2.63. The summed E-state index contributed by atoms with van der Waals surface area (Å²) in [6.45, 7) is 1.89. The van der Waals surface area contributed by atoms with Gasteiger partial charge in [0.25, 0.3) is 0 Å². The number of rotatable bonds is 2. The van der Waals surface area contributed by atoms with Gasteiger partial charge in [-0.05, 0) is 19.1 Å². The lowest BCUT2D eigenvalue weighted by Gasteiger charge is -1.92. The van der Waals surface area contributed by atoms with Crippen LogP contribution in [0.2, 0.25) is 0 Å². The van der Waals surface area contributed by atoms with Gasteiger partial charge in [-0.3, -0.25) is 4.79 Å². The molecule has 0 aliphatic carbocycles. The molecule has 6 heteroatoms. The van der Waals surface area contributed by atoms with E-state index < -0.39 is 0 Å². The van der Waals surface area contributed by atoms with Crippen LogP contribution in [0.3, 0.4) is 0 Å². The maximum atomic E-state index is 10.7. The van der Waals surface area contributed by atoms with Crippen LogP contribution in [0.15, 0.2) is 24.5 Å². The van der Waals surface area contributed by atoms with Gasteiger partial charge in [0.1, 0.15) is 17.0 Å². The summed E-state index contributed by atoms with van der Waals surface area (Å²) in [7, 11) is 0. The second-order valence-electron chi connectivity index (χ2n) is 4.07. The van der Waals surface area contributed by atoms with Crippen LogP contribution >= 0.6 is 0 Å². The summed E-state index contributed by atoms with van der Waals surface area (Å²) in [6, 6.07) is 3.52. The standard InChI is InChI=1S/C12H11N5O/c1-7-11(16-12(13)14-7)9-5-17-4-8(6-18)2-3-10(17)15-9/h2-6H,1H3,(H3,13,14,16). The quantitative estimate of drug-likeness (QED) is 0.664. The first-order chi connectivity index (χ1) is 8.67. The largest absolute Gasteiger partial charge is 0.369 e. The van der Waals surface area contributed by atoms with Crippen molar-refractivity contribution >= 4 is 17.9 Å². The van der Waals surface area contributed by atoms with Crippen LogP contribution in [0.1, 0.15) is 16.1 Å². The minimum Gasteiger partial charge on any atom is -0.369 e. The van der Waals surface area contributed by atoms with E-state index in [1.807, 2.05) is 13.1 Å². The van der Waals surface area contributed by atoms with Crippen molar-refractivity contribution in [1.82, 2.24) is 19.4 Å². The average Bonchev–Trinajstić information content (AvgIpc) is 2.90. The number of nitrogens with two attached hydrogens (primary N) is 1. The second kappa shape index (κ2) is 3.69. The van der Waals surface area contributed by atoms with E-state index in [1.165, 1.54) is 0 Å². The number of carbonyl (C=O) groups is 1. The van der Waals surface area contributed by atoms with Gasteiger partial charge >= 0.3 is 0 Å². The van der Waals surface area contributed by atoms with Crippen molar-refractivity contribution < 1.29 is 4.79 Å². The minimum atomic E-state index is 0.369. The zero-order valence-electron chi connectivity index (χ0n) is 9.71. The summed E-state index contributed by atoms with van der Waals surface area (Å²) in [4.78, 5) is 22.3. The summed E-state index contributed by atoms with van der Waals surface area (Å²) in [5.41, 5.74) is 9.29. The van der Waals surface area contributed by atoms with Gasteiger partial charge in [0.15, 0.2) is 12.2 Å². The van der Waals surface area contributed by atoms with E-state index in [9.17, 15) is 4.79 Å². The number of nitrogen functional groups attached to an aromatic ring is 1. The molecule has 6 nitrogen and oxygen atoms in total. The number of fused-ring (bicyclic) bond motifs is 1. The third-order valence-electron chi connectivity index (χ3n) is 2.76. The fourth-order valence-electron chi connectivity index (χ4n) is 1.93. The molecule has 0 bridgehead atoms. The van der Waals surface area contributed by atoms with Crippen molar-refractivity contribution in [3.8, 4) is 11.4 Å². The zero-order valence-corrected chi connectivity index (χ0v) is 9.71. The molecule has 3 heterocycles. The number of hydrogen-bond acceptors (Lipinski definition) is 4. The first-order valence-corrected chi connectivity index (χ1v) is 5.44. The Labute approximate surface area is 102 Å². The molecule has 0 saturated heterocycles. The van der Waals surface area contributed by atoms with Gasteiger partial charge < -0.3 is 15.1 Å². The summed E-state index contributed by atoms with van der Waals surface area (Å²) in [5, 5.41) is 0. The molecule has 0 aliphatic rings. The second-order valence-corrected chi connectivity index (χ2v) is 4.07. The molecule has 0 unspecified atom stereocenters. The van der Waals surface area contributed by atoms with Crippen LogP contribution in [0.25, 0.3) is 17.0 Å². The summed E-state index contributed by atoms with van der Waals surface area (Å²) >= 11 is 0. The number of pyridine rings is 1. The summed E-state index contributed by atoms with van der Waals surface area (Å²) in [5.74, 6) is 0.369. The van der Waals surface area contributed by atoms with Crippen LogP contribution in [-0.2, 0) is 0 Å². The van der Waals surface area contributed by atoms with Gasteiger partial charge in [0, 0.05) is 23.7 Å². The monoisotopic (exact) mass is 241 g/mol. The highest BCUT2D eigenvalue weighted by Crippen LogP contribution is 2.21. The number of hydrogen-bond donors (Lipinski definition) is 2. The van der Waals surface area contributed by atoms with Gasteiger partial charge in [-0.15, -0.1) is 0 Å². The van der Waals surface area contributed by atoms with Crippen molar-refractivity contribution in [2.45, 2.75) is 6.92 Å². The summed E-state index contributed by atoms with van der Waals surface area (Å²) < 4.78 is 1.80. The zero-order chi connectivity index (χ0) is 12.7. The van der Waals surface area contributed by atoms with Crippen LogP contribution < -0.4 is 5.73 Å². The Morgan fingerprint density at radius 2 is 2.17 bits per heavy atom. The maximum Gasteiger partial charge on any atom is 0.198 e. The Bertz CT molecular complexity index is 740. The first-order valence-electron chi connectivity index (χ1n) is 5.44. The molecule has 0 saturated carbocycles. The molecule has 0 fully saturated rings. The number of imidazole rings is 2. The van der Waals surface area contributed by atoms with Crippen LogP contribution in [-0.4, -0.2) is 25.6 Å². The number of H-pyrrole nitrogens is 1. The van der Waals surface area contributed by atoms with Crippen LogP contribution in [0.4, 0.5) is 5.95 Å². The van der Waals surface area contributed by atoms with Crippen LogP contribution in [0, 0.1) is 6.92 Å². The lowest BCUT2D eigenvalue weighted by molar-refractivity contribution is 0.112. The van der Waals surface area contributed by atoms with E-state index in [0.29, 0.717) is 11.5 Å². The van der Waals surface area contributed by atoms with E-state index >= 15 is 0 Å². The average molecular weight is 241 g/mol. The molecule has 3 aromatic rings. The van der Waals surface area contributed by atoms with Crippen LogP contribution in [0.5, 0.6) is 0 Å². The third-order valence-corrected chi connectivity index (χ3v) is 2.76. The minimum absolute atomic E-state index is 0.369. The third kappa shape index (κ3) is 1.55. The van der Waals surface area contributed by atoms with E-state index in [1.54, 1.807) is 22.7 Å². The molecule has 3 aromatic heterocycles. The van der Waals surface area contributed by atoms with Gasteiger partial charge in [-0.25, -0.2) is 9.97 Å². The first kappa shape index (κ1) is 10.5. The van der Waals surface area contributed by atoms with Crippen molar-refractivity contribution in [3.63, 3.8) is 0 Å². The Balaban J connectivity index is 2.18. The van der Waals surface area contributed by atoms with E-state index in [0.717, 1.165) is 29.0 Å². The SMILES string of the molecule is Cc1[nH]c(N)nc1-c1cn2cc(C=O)ccc2n1. The van der Waals surface area contributed by atoms with Gasteiger partial charge in [-0.2, -0.15) is 0 Å². The van der Waals surface area contributed by atoms with Gasteiger partial charge in [-0.1, -0.05) is 0 Å². The Morgan fingerprint density at radius 3 is 2.83 bits per heavy atom. The van der Waals surface area contributed by atoms with Crippen molar-refractivity contribution in [1.29, 1.82) is 0 Å². The number of aldehydes is 1. The normalized spacial score (nSPS) is 10.9. The highest BCUT2D eigenvalue weighted by atomic mass is 16.1. The molecule has 3 rings (SSSR count). The highest BCUT2D eigenvalue weighted by molar-refractivity contribution is 5.75. The lowest BCUT2D eigenvalue weighted by Crippen LogP contribution is -1.86. The van der Waals surface area contributed by atoms with Crippen molar-refractivity contribution in [3.05, 3.63) is 35.8 Å². The molecule has 0 amide bonds. The number of aromatic amines is 1. The molecule has 90 valence electrons. The molecule has 0 spiro atoms. The molecule has 18 heavy (non-hydrogen) atoms. The topological polar surface area (TPSA) is 89.1 Å². The lowest BCUT2D eigenvalue weighted by atomic mass is 10.3. The molecular weight excluding hydrogens is 230 g/mol. The molecule has 0 aromatic carbocycles. The van der Waals surface area contributed by atoms with Gasteiger partial charge in [0.2, 0.25) is 0 Å². The van der Waals surface area contributed by atoms with Crippen molar-refractivity contribution in [2.75, 3.05) is 5.73 Å². The van der Waals surface area contributed by atoms with Gasteiger partial charge in [0.05, 0.1) is 0 Å². The van der Waals surface area contributed by atoms with Crippen molar-refractivity contribution in [2.24, 2.45) is 0 Å². The molecular formula is C12H11N5O. The number of aromatic nitrogens is 4. The molecule has 0 aliphatic heterocycles. The number of carbonyl (C=O) groups excluding carboxylic acids is 1. The predicted molar refractivity (Wildman–Crippen MR) is 67.3 cm³/mol. The highest BCUT2D eigenvalue weighted by Gasteiger charge is 2.11. The molecule has 3 N–H and O–H groups in total. The summed E-state index contributed by atoms with van der Waals surface area (Å²) in [6.07, 6.45) is 4.35. The molecule has 0 atom stereocenters. The molecule has 0 radical (unpaired) electrons. The number of anilines is 1. The Kier molecular flexibility index (Phi) is 2.16. The Morgan fingerprint density at radius 1 is 1.33 bits per heavy atom. The number of nitrogens with one attached hydrogen (secondary N) is 1. The van der Waals surface area contributed by atoms with E-state index in [4.69, 9.17) is 5.73 Å². The number of nitrogens with zero attached hydrogens (tertiary/aromatic N) is 3. The van der Waals surface area contributed by atoms with E-state index in [-0.39, 0.29) is 0 Å². The number of aryl methyl sites for hydroxylation is 1. The fraction of sp³-hybridized carbons (Fsp3) is 0.0833.